The number of rotatable bonds is 6. The van der Waals surface area contributed by atoms with Gasteiger partial charge in [-0.25, -0.2) is 18.1 Å². The molecule has 0 radical (unpaired) electrons. The van der Waals surface area contributed by atoms with Crippen molar-refractivity contribution in [3.8, 4) is 11.1 Å². The van der Waals surface area contributed by atoms with Crippen LogP contribution in [0.5, 0.6) is 0 Å². The van der Waals surface area contributed by atoms with Crippen LogP contribution in [0.2, 0.25) is 0 Å². The third-order valence-electron chi connectivity index (χ3n) is 3.74. The second-order valence-corrected chi connectivity index (χ2v) is 7.21. The zero-order chi connectivity index (χ0) is 17.2. The van der Waals surface area contributed by atoms with Gasteiger partial charge in [0.05, 0.1) is 12.7 Å². The summed E-state index contributed by atoms with van der Waals surface area (Å²) in [5, 5.41) is 4.30. The van der Waals surface area contributed by atoms with E-state index in [1.54, 1.807) is 29.4 Å². The summed E-state index contributed by atoms with van der Waals surface area (Å²) in [6, 6.07) is 9.91. The summed E-state index contributed by atoms with van der Waals surface area (Å²) >= 11 is 0. The first kappa shape index (κ1) is 16.4. The molecule has 0 bridgehead atoms. The molecule has 0 amide bonds. The number of nitrogens with one attached hydrogen (secondary N) is 1. The molecule has 0 saturated heterocycles. The first-order valence-electron chi connectivity index (χ1n) is 7.53. The molecule has 0 fully saturated rings. The molecule has 8 heteroatoms. The van der Waals surface area contributed by atoms with Crippen molar-refractivity contribution < 1.29 is 8.42 Å². The Labute approximate surface area is 141 Å². The monoisotopic (exact) mass is 345 g/mol. The Balaban J connectivity index is 1.61. The fraction of sp³-hybridized carbons (Fsp3) is 0.250. The standard InChI is InChI=1S/C16H19N5O2S/c1-13-19-16(12-20(13)2)24(22,23)18-8-9-21-11-15(10-17-21)14-6-4-3-5-7-14/h3-7,10-12,18H,8-9H2,1-2H3. The van der Waals surface area contributed by atoms with E-state index in [0.29, 0.717) is 12.4 Å². The molecule has 126 valence electrons. The van der Waals surface area contributed by atoms with Gasteiger partial charge >= 0.3 is 0 Å². The molecule has 1 N–H and O–H groups in total. The second-order valence-electron chi connectivity index (χ2n) is 5.49. The van der Waals surface area contributed by atoms with Crippen molar-refractivity contribution in [3.05, 3.63) is 54.7 Å². The van der Waals surface area contributed by atoms with Crippen molar-refractivity contribution in [1.29, 1.82) is 0 Å². The van der Waals surface area contributed by atoms with Gasteiger partial charge in [-0.3, -0.25) is 4.68 Å². The van der Waals surface area contributed by atoms with Crippen LogP contribution in [0, 0.1) is 6.92 Å². The number of hydrogen-bond donors (Lipinski definition) is 1. The molecule has 2 aromatic heterocycles. The predicted octanol–water partition coefficient (Wildman–Crippen LogP) is 1.57. The number of aromatic nitrogens is 4. The van der Waals surface area contributed by atoms with Gasteiger partial charge in [0.15, 0.2) is 5.03 Å². The van der Waals surface area contributed by atoms with Crippen molar-refractivity contribution in [2.75, 3.05) is 6.54 Å². The molecule has 7 nitrogen and oxygen atoms in total. The molecule has 0 unspecified atom stereocenters. The van der Waals surface area contributed by atoms with Crippen molar-refractivity contribution >= 4 is 10.0 Å². The fourth-order valence-corrected chi connectivity index (χ4v) is 3.35. The van der Waals surface area contributed by atoms with Crippen LogP contribution >= 0.6 is 0 Å². The topological polar surface area (TPSA) is 81.8 Å². The number of imidazole rings is 1. The van der Waals surface area contributed by atoms with Crippen molar-refractivity contribution in [3.63, 3.8) is 0 Å². The third-order valence-corrected chi connectivity index (χ3v) is 5.07. The van der Waals surface area contributed by atoms with Gasteiger partial charge in [0, 0.05) is 31.5 Å². The maximum atomic E-state index is 12.2. The molecule has 24 heavy (non-hydrogen) atoms. The van der Waals surface area contributed by atoms with Crippen LogP contribution in [0.4, 0.5) is 0 Å². The number of hydrogen-bond acceptors (Lipinski definition) is 4. The molecule has 0 aliphatic carbocycles. The Kier molecular flexibility index (Phi) is 4.50. The molecular formula is C16H19N5O2S. The molecule has 3 rings (SSSR count). The van der Waals surface area contributed by atoms with Gasteiger partial charge in [-0.2, -0.15) is 5.10 Å². The lowest BCUT2D eigenvalue weighted by Crippen LogP contribution is -2.27. The first-order valence-corrected chi connectivity index (χ1v) is 9.01. The summed E-state index contributed by atoms with van der Waals surface area (Å²) in [7, 11) is -1.84. The Morgan fingerprint density at radius 1 is 1.12 bits per heavy atom. The van der Waals surface area contributed by atoms with E-state index in [2.05, 4.69) is 14.8 Å². The Morgan fingerprint density at radius 2 is 1.88 bits per heavy atom. The lowest BCUT2D eigenvalue weighted by atomic mass is 10.1. The normalized spacial score (nSPS) is 11.8. The van der Waals surface area contributed by atoms with E-state index in [1.165, 1.54) is 6.20 Å². The Morgan fingerprint density at radius 3 is 2.54 bits per heavy atom. The van der Waals surface area contributed by atoms with Crippen LogP contribution in [0.15, 0.2) is 53.9 Å². The van der Waals surface area contributed by atoms with E-state index in [4.69, 9.17) is 0 Å². The zero-order valence-corrected chi connectivity index (χ0v) is 14.4. The molecule has 0 aliphatic rings. The second kappa shape index (κ2) is 6.58. The minimum atomic E-state index is -3.60. The quantitative estimate of drug-likeness (QED) is 0.735. The predicted molar refractivity (Wildman–Crippen MR) is 90.8 cm³/mol. The van der Waals surface area contributed by atoms with E-state index in [0.717, 1.165) is 11.1 Å². The fourth-order valence-electron chi connectivity index (χ4n) is 2.29. The summed E-state index contributed by atoms with van der Waals surface area (Å²) < 4.78 is 30.3. The van der Waals surface area contributed by atoms with Gasteiger partial charge in [-0.1, -0.05) is 30.3 Å². The van der Waals surface area contributed by atoms with Crippen molar-refractivity contribution in [1.82, 2.24) is 24.1 Å². The summed E-state index contributed by atoms with van der Waals surface area (Å²) in [4.78, 5) is 4.04. The highest BCUT2D eigenvalue weighted by Crippen LogP contribution is 2.17. The van der Waals surface area contributed by atoms with E-state index >= 15 is 0 Å². The molecule has 0 spiro atoms. The van der Waals surface area contributed by atoms with Crippen molar-refractivity contribution in [2.24, 2.45) is 7.05 Å². The largest absolute Gasteiger partial charge is 0.337 e. The lowest BCUT2D eigenvalue weighted by molar-refractivity contribution is 0.558. The summed E-state index contributed by atoms with van der Waals surface area (Å²) in [5.74, 6) is 0.648. The summed E-state index contributed by atoms with van der Waals surface area (Å²) in [6.07, 6.45) is 5.17. The summed E-state index contributed by atoms with van der Waals surface area (Å²) in [5.41, 5.74) is 2.08. The average molecular weight is 345 g/mol. The maximum Gasteiger partial charge on any atom is 0.259 e. The molecule has 3 aromatic rings. The van der Waals surface area contributed by atoms with Crippen LogP contribution in [-0.2, 0) is 23.6 Å². The number of benzene rings is 1. The molecule has 1 aromatic carbocycles. The van der Waals surface area contributed by atoms with Crippen LogP contribution in [0.25, 0.3) is 11.1 Å². The Hall–Kier alpha value is -2.45. The highest BCUT2D eigenvalue weighted by molar-refractivity contribution is 7.89. The molecule has 2 heterocycles. The highest BCUT2D eigenvalue weighted by atomic mass is 32.2. The lowest BCUT2D eigenvalue weighted by Gasteiger charge is -2.04. The van der Waals surface area contributed by atoms with Gasteiger partial charge in [0.2, 0.25) is 0 Å². The first-order chi connectivity index (χ1) is 11.5. The zero-order valence-electron chi connectivity index (χ0n) is 13.5. The van der Waals surface area contributed by atoms with Gasteiger partial charge in [-0.15, -0.1) is 0 Å². The van der Waals surface area contributed by atoms with Crippen molar-refractivity contribution in [2.45, 2.75) is 18.5 Å². The number of sulfonamides is 1. The van der Waals surface area contributed by atoms with E-state index in [9.17, 15) is 8.42 Å². The average Bonchev–Trinajstić information content (AvgIpc) is 3.16. The van der Waals surface area contributed by atoms with Crippen LogP contribution < -0.4 is 4.72 Å². The molecule has 0 atom stereocenters. The minimum Gasteiger partial charge on any atom is -0.337 e. The van der Waals surface area contributed by atoms with E-state index in [1.807, 2.05) is 36.5 Å². The van der Waals surface area contributed by atoms with Gasteiger partial charge in [-0.05, 0) is 12.5 Å². The number of aryl methyl sites for hydroxylation is 2. The van der Waals surface area contributed by atoms with Crippen LogP contribution in [0.3, 0.4) is 0 Å². The van der Waals surface area contributed by atoms with Gasteiger partial charge in [0.25, 0.3) is 10.0 Å². The molecule has 0 saturated carbocycles. The SMILES string of the molecule is Cc1nc(S(=O)(=O)NCCn2cc(-c3ccccc3)cn2)cn1C. The van der Waals surface area contributed by atoms with Crippen LogP contribution in [0.1, 0.15) is 5.82 Å². The Bertz CT molecular complexity index is 909. The maximum absolute atomic E-state index is 12.2. The van der Waals surface area contributed by atoms with E-state index in [-0.39, 0.29) is 11.6 Å². The van der Waals surface area contributed by atoms with E-state index < -0.39 is 10.0 Å². The van der Waals surface area contributed by atoms with Crippen LogP contribution in [-0.4, -0.2) is 34.3 Å². The summed E-state index contributed by atoms with van der Waals surface area (Å²) in [6.45, 7) is 2.44. The smallest absolute Gasteiger partial charge is 0.259 e. The highest BCUT2D eigenvalue weighted by Gasteiger charge is 2.17. The third kappa shape index (κ3) is 3.55. The molecular weight excluding hydrogens is 326 g/mol. The molecule has 0 aliphatic heterocycles. The number of nitrogens with zero attached hydrogens (tertiary/aromatic N) is 4. The van der Waals surface area contributed by atoms with Gasteiger partial charge < -0.3 is 4.57 Å². The van der Waals surface area contributed by atoms with Gasteiger partial charge in [0.1, 0.15) is 5.82 Å². The minimum absolute atomic E-state index is 0.0351.